The number of aryl methyl sites for hydroxylation is 1. The Kier molecular flexibility index (Phi) is 16.4. The summed E-state index contributed by atoms with van der Waals surface area (Å²) in [5.41, 5.74) is 3.63. The fourth-order valence-electron chi connectivity index (χ4n) is 10.3. The molecule has 2 saturated heterocycles. The van der Waals surface area contributed by atoms with Gasteiger partial charge in [-0.05, 0) is 47.7 Å². The van der Waals surface area contributed by atoms with E-state index in [-0.39, 0.29) is 50.8 Å². The molecule has 380 valence electrons. The average molecular weight is 1010 g/mol. The number of aliphatic hydroxyl groups is 2. The van der Waals surface area contributed by atoms with Crippen LogP contribution in [0.1, 0.15) is 88.1 Å². The average Bonchev–Trinajstić information content (AvgIpc) is 3.96. The molecule has 1 saturated carbocycles. The number of halogens is 1. The molecule has 0 bridgehead atoms. The van der Waals surface area contributed by atoms with Crippen LogP contribution in [0.2, 0.25) is 5.02 Å². The van der Waals surface area contributed by atoms with Gasteiger partial charge in [-0.15, -0.1) is 11.3 Å². The van der Waals surface area contributed by atoms with Crippen molar-refractivity contribution in [2.24, 2.45) is 16.2 Å². The van der Waals surface area contributed by atoms with Gasteiger partial charge in [-0.1, -0.05) is 84.3 Å². The van der Waals surface area contributed by atoms with Gasteiger partial charge in [-0.25, -0.2) is 9.97 Å². The predicted octanol–water partition coefficient (Wildman–Crippen LogP) is 5.13. The van der Waals surface area contributed by atoms with Crippen LogP contribution in [0.25, 0.3) is 10.4 Å². The number of hydrogen-bond acceptors (Lipinski definition) is 14. The molecule has 2 aliphatic heterocycles. The van der Waals surface area contributed by atoms with Crippen molar-refractivity contribution in [1.82, 2.24) is 35.7 Å². The molecule has 4 atom stereocenters. The van der Waals surface area contributed by atoms with Crippen LogP contribution in [0.15, 0.2) is 66.3 Å². The highest BCUT2D eigenvalue weighted by Crippen LogP contribution is 2.55. The van der Waals surface area contributed by atoms with Crippen molar-refractivity contribution in [2.45, 2.75) is 98.2 Å². The summed E-state index contributed by atoms with van der Waals surface area (Å²) in [6.07, 6.45) is 0.446. The second-order valence-corrected chi connectivity index (χ2v) is 22.2. The smallest absolute Gasteiger partial charge is 0.253 e. The molecule has 0 spiro atoms. The molecule has 4 heterocycles. The van der Waals surface area contributed by atoms with Gasteiger partial charge in [-0.3, -0.25) is 24.1 Å². The Labute approximate surface area is 424 Å². The van der Waals surface area contributed by atoms with Crippen LogP contribution in [-0.2, 0) is 19.1 Å². The minimum atomic E-state index is -1.02. The molecular formula is C52H66ClN9O8S. The first-order valence-electron chi connectivity index (χ1n) is 24.0. The molecule has 1 unspecified atom stereocenters. The number of likely N-dealkylation sites (tertiary alicyclic amines) is 1. The van der Waals surface area contributed by atoms with Crippen molar-refractivity contribution in [2.75, 3.05) is 64.0 Å². The number of nitrogens with one attached hydrogen (secondary N) is 3. The number of pyridine rings is 1. The van der Waals surface area contributed by atoms with Gasteiger partial charge in [0.25, 0.3) is 5.91 Å². The standard InChI is InChI=1S/C52H66ClN9O8S/c1-31-43(71-30-56-31)33-11-9-32(10-12-33)39(28-63)57-46(67)40-23-36(64)27-62(40)47(68)44(50(2,3)4)58-42(65)29-69-22-21-60-17-19-61(20-18-60)41-16-14-35(26-55-41)45(66)59-48-51(5,6)49(52(48,7)8)70-37-15-13-34(25-54)38(53)24-37/h9-16,24,26,30,36,39-40,44,48-49,63-64H,17-23,27-29H2,1-8H3,(H,57,67)(H,58,65)(H,59,66)/t36-,39?,40+,44-,48-,49-/m1/s1. The topological polar surface area (TPSA) is 223 Å². The third-order valence-electron chi connectivity index (χ3n) is 14.0. The molecule has 7 rings (SSSR count). The Bertz CT molecular complexity index is 2570. The van der Waals surface area contributed by atoms with Crippen LogP contribution in [-0.4, -0.2) is 143 Å². The number of carbonyl (C=O) groups is 4. The second kappa shape index (κ2) is 22.0. The number of thiazole rings is 1. The number of anilines is 1. The van der Waals surface area contributed by atoms with E-state index >= 15 is 0 Å². The molecule has 71 heavy (non-hydrogen) atoms. The molecule has 17 nitrogen and oxygen atoms in total. The third-order valence-corrected chi connectivity index (χ3v) is 15.3. The van der Waals surface area contributed by atoms with Crippen molar-refractivity contribution in [3.8, 4) is 22.3 Å². The molecular weight excluding hydrogens is 946 g/mol. The maximum absolute atomic E-state index is 14.2. The number of carbonyl (C=O) groups excluding carboxylic acids is 4. The zero-order valence-electron chi connectivity index (χ0n) is 41.7. The number of aromatic nitrogens is 2. The number of piperazine rings is 1. The summed E-state index contributed by atoms with van der Waals surface area (Å²) in [6, 6.07) is 15.3. The lowest BCUT2D eigenvalue weighted by Gasteiger charge is -2.63. The fraction of sp³-hybridized carbons (Fsp3) is 0.519. The highest BCUT2D eigenvalue weighted by atomic mass is 35.5. The van der Waals surface area contributed by atoms with Gasteiger partial charge >= 0.3 is 0 Å². The van der Waals surface area contributed by atoms with E-state index in [1.165, 1.54) is 16.2 Å². The van der Waals surface area contributed by atoms with Crippen LogP contribution in [0.3, 0.4) is 0 Å². The lowest BCUT2D eigenvalue weighted by Crippen LogP contribution is -2.74. The van der Waals surface area contributed by atoms with Crippen molar-refractivity contribution in [1.29, 1.82) is 5.26 Å². The van der Waals surface area contributed by atoms with Gasteiger partial charge in [0, 0.05) is 74.8 Å². The van der Waals surface area contributed by atoms with E-state index in [0.717, 1.165) is 35.0 Å². The zero-order chi connectivity index (χ0) is 51.4. The molecule has 4 aromatic rings. The molecule has 3 fully saturated rings. The lowest BCUT2D eigenvalue weighted by atomic mass is 9.49. The number of hydrogen-bond donors (Lipinski definition) is 5. The minimum absolute atomic E-state index is 0.0141. The van der Waals surface area contributed by atoms with Crippen LogP contribution < -0.4 is 25.6 Å². The number of benzene rings is 2. The fourth-order valence-corrected chi connectivity index (χ4v) is 11.4. The maximum Gasteiger partial charge on any atom is 0.253 e. The summed E-state index contributed by atoms with van der Waals surface area (Å²) in [4.78, 5) is 70.4. The summed E-state index contributed by atoms with van der Waals surface area (Å²) in [6.45, 7) is 18.7. The Balaban J connectivity index is 0.838. The van der Waals surface area contributed by atoms with E-state index in [2.05, 4.69) is 69.5 Å². The summed E-state index contributed by atoms with van der Waals surface area (Å²) < 4.78 is 12.2. The van der Waals surface area contributed by atoms with Crippen LogP contribution in [0, 0.1) is 34.5 Å². The van der Waals surface area contributed by atoms with Gasteiger partial charge in [0.2, 0.25) is 17.7 Å². The number of aliphatic hydroxyl groups excluding tert-OH is 2. The van der Waals surface area contributed by atoms with Gasteiger partial charge in [-0.2, -0.15) is 5.26 Å². The summed E-state index contributed by atoms with van der Waals surface area (Å²) in [5, 5.41) is 39.4. The molecule has 5 N–H and O–H groups in total. The minimum Gasteiger partial charge on any atom is -0.489 e. The molecule has 0 radical (unpaired) electrons. The van der Waals surface area contributed by atoms with Crippen molar-refractivity contribution >= 4 is 52.4 Å². The third kappa shape index (κ3) is 12.0. The van der Waals surface area contributed by atoms with E-state index in [9.17, 15) is 34.7 Å². The van der Waals surface area contributed by atoms with E-state index < -0.39 is 58.2 Å². The highest BCUT2D eigenvalue weighted by molar-refractivity contribution is 7.13. The van der Waals surface area contributed by atoms with Crippen LogP contribution in [0.5, 0.6) is 5.75 Å². The Hall–Kier alpha value is -5.68. The van der Waals surface area contributed by atoms with Gasteiger partial charge in [0.1, 0.15) is 42.4 Å². The van der Waals surface area contributed by atoms with Crippen LogP contribution >= 0.6 is 22.9 Å². The van der Waals surface area contributed by atoms with E-state index in [0.29, 0.717) is 47.1 Å². The first-order valence-corrected chi connectivity index (χ1v) is 25.3. The number of β-amino-alcohol motifs (C(OH)–C–C–N with tert-alkyl or cyclic N) is 1. The Morgan fingerprint density at radius 1 is 0.986 bits per heavy atom. The predicted molar refractivity (Wildman–Crippen MR) is 271 cm³/mol. The molecule has 2 aromatic carbocycles. The summed E-state index contributed by atoms with van der Waals surface area (Å²) in [7, 11) is 0. The first kappa shape index (κ1) is 53.1. The first-order chi connectivity index (χ1) is 33.6. The summed E-state index contributed by atoms with van der Waals surface area (Å²) in [5.74, 6) is -0.366. The lowest BCUT2D eigenvalue weighted by molar-refractivity contribution is -0.164. The van der Waals surface area contributed by atoms with E-state index in [4.69, 9.17) is 21.1 Å². The number of ether oxygens (including phenoxy) is 2. The molecule has 2 aromatic heterocycles. The Morgan fingerprint density at radius 3 is 2.28 bits per heavy atom. The van der Waals surface area contributed by atoms with Crippen LogP contribution in [0.4, 0.5) is 5.82 Å². The monoisotopic (exact) mass is 1010 g/mol. The summed E-state index contributed by atoms with van der Waals surface area (Å²) >= 11 is 7.78. The maximum atomic E-state index is 14.2. The SMILES string of the molecule is Cc1ncsc1-c1ccc(C(CO)NC(=O)[C@@H]2C[C@@H](O)CN2C(=O)[C@@H](NC(=O)COCCN2CCN(c3ccc(C(=O)N[C@H]4C(C)(C)[C@H](Oc5ccc(C#N)c(Cl)c5)C4(C)C)cn3)CC2)C(C)(C)C)cc1. The van der Waals surface area contributed by atoms with Crippen molar-refractivity contribution < 1.29 is 38.9 Å². The molecule has 4 amide bonds. The second-order valence-electron chi connectivity index (χ2n) is 21.0. The number of nitrogens with zero attached hydrogens (tertiary/aromatic N) is 6. The zero-order valence-corrected chi connectivity index (χ0v) is 43.3. The number of amides is 4. The largest absolute Gasteiger partial charge is 0.489 e. The molecule has 19 heteroatoms. The van der Waals surface area contributed by atoms with E-state index in [1.807, 2.05) is 58.0 Å². The van der Waals surface area contributed by atoms with Gasteiger partial charge in [0.15, 0.2) is 0 Å². The number of rotatable bonds is 17. The van der Waals surface area contributed by atoms with Gasteiger partial charge in [0.05, 0.1) is 57.6 Å². The molecule has 3 aliphatic rings. The normalized spacial score (nSPS) is 21.6. The highest BCUT2D eigenvalue weighted by Gasteiger charge is 2.64. The van der Waals surface area contributed by atoms with E-state index in [1.54, 1.807) is 36.0 Å². The van der Waals surface area contributed by atoms with Gasteiger partial charge < -0.3 is 45.4 Å². The quantitative estimate of drug-likeness (QED) is 0.0867. The van der Waals surface area contributed by atoms with Crippen molar-refractivity contribution in [3.05, 3.63) is 93.7 Å². The van der Waals surface area contributed by atoms with Crippen molar-refractivity contribution in [3.63, 3.8) is 0 Å². The Morgan fingerprint density at radius 2 is 1.69 bits per heavy atom. The number of nitriles is 1. The molecule has 1 aliphatic carbocycles.